The summed E-state index contributed by atoms with van der Waals surface area (Å²) in [5.41, 5.74) is 2.85. The fourth-order valence-electron chi connectivity index (χ4n) is 3.33. The second-order valence-electron chi connectivity index (χ2n) is 5.34. The van der Waals surface area contributed by atoms with Crippen LogP contribution >= 0.6 is 0 Å². The van der Waals surface area contributed by atoms with Crippen molar-refractivity contribution in [1.82, 2.24) is 0 Å². The van der Waals surface area contributed by atoms with Crippen LogP contribution in [-0.4, -0.2) is 12.9 Å². The highest BCUT2D eigenvalue weighted by atomic mass is 16.5. The molecule has 0 radical (unpaired) electrons. The van der Waals surface area contributed by atoms with Crippen LogP contribution in [0.2, 0.25) is 0 Å². The van der Waals surface area contributed by atoms with E-state index in [0.29, 0.717) is 11.7 Å². The Hall–Kier alpha value is -1.31. The second-order valence-corrected chi connectivity index (χ2v) is 5.34. The number of fused-ring (bicyclic) bond motifs is 2. The van der Waals surface area contributed by atoms with Crippen LogP contribution in [0.4, 0.5) is 0 Å². The number of Topliss-reactive ketones (excluding diaryl/α,β-unsaturated/α-hetero) is 1. The third-order valence-electron chi connectivity index (χ3n) is 4.33. The van der Waals surface area contributed by atoms with Crippen molar-refractivity contribution in [3.05, 3.63) is 29.3 Å². The third kappa shape index (κ3) is 1.97. The minimum atomic E-state index is 0.456. The van der Waals surface area contributed by atoms with E-state index in [1.807, 2.05) is 6.07 Å². The van der Waals surface area contributed by atoms with E-state index in [4.69, 9.17) is 4.74 Å². The molecule has 1 saturated carbocycles. The fraction of sp³-hybridized carbons (Fsp3) is 0.533. The molecule has 0 N–H and O–H groups in total. The molecule has 90 valence electrons. The summed E-state index contributed by atoms with van der Waals surface area (Å²) >= 11 is 0. The topological polar surface area (TPSA) is 26.3 Å². The van der Waals surface area contributed by atoms with E-state index in [9.17, 15) is 4.79 Å². The van der Waals surface area contributed by atoms with Gasteiger partial charge < -0.3 is 4.74 Å². The first-order valence-electron chi connectivity index (χ1n) is 6.44. The standard InChI is InChI=1S/C15H18O2/c1-17-15-5-3-11-6-10-2-4-14(16)8-12(10)7-13(11)9-15/h3,5,9-10,12H,2,4,6-8H2,1H3/t10-,12+/m0/s1. The van der Waals surface area contributed by atoms with E-state index in [1.54, 1.807) is 7.11 Å². The van der Waals surface area contributed by atoms with Crippen LogP contribution < -0.4 is 4.74 Å². The number of hydrogen-bond acceptors (Lipinski definition) is 2. The maximum Gasteiger partial charge on any atom is 0.133 e. The Kier molecular flexibility index (Phi) is 2.65. The maximum absolute atomic E-state index is 11.5. The van der Waals surface area contributed by atoms with Gasteiger partial charge in [0.1, 0.15) is 11.5 Å². The van der Waals surface area contributed by atoms with Crippen molar-refractivity contribution in [3.63, 3.8) is 0 Å². The molecule has 2 nitrogen and oxygen atoms in total. The van der Waals surface area contributed by atoms with Crippen LogP contribution in [-0.2, 0) is 17.6 Å². The molecule has 0 amide bonds. The lowest BCUT2D eigenvalue weighted by Crippen LogP contribution is -2.31. The molecule has 0 unspecified atom stereocenters. The maximum atomic E-state index is 11.5. The zero-order valence-electron chi connectivity index (χ0n) is 10.2. The normalized spacial score (nSPS) is 27.2. The summed E-state index contributed by atoms with van der Waals surface area (Å²) in [7, 11) is 1.71. The number of methoxy groups -OCH3 is 1. The molecule has 0 aliphatic heterocycles. The highest BCUT2D eigenvalue weighted by Crippen LogP contribution is 2.39. The molecule has 1 aromatic rings. The smallest absolute Gasteiger partial charge is 0.133 e. The van der Waals surface area contributed by atoms with Gasteiger partial charge in [0.15, 0.2) is 0 Å². The summed E-state index contributed by atoms with van der Waals surface area (Å²) in [5, 5.41) is 0. The number of carbonyl (C=O) groups excluding carboxylic acids is 1. The van der Waals surface area contributed by atoms with Crippen molar-refractivity contribution in [2.24, 2.45) is 11.8 Å². The summed E-state index contributed by atoms with van der Waals surface area (Å²) < 4.78 is 5.27. The number of ketones is 1. The molecule has 2 aliphatic rings. The molecule has 17 heavy (non-hydrogen) atoms. The lowest BCUT2D eigenvalue weighted by molar-refractivity contribution is -0.122. The van der Waals surface area contributed by atoms with Crippen molar-refractivity contribution in [3.8, 4) is 5.75 Å². The van der Waals surface area contributed by atoms with Gasteiger partial charge in [0.05, 0.1) is 7.11 Å². The SMILES string of the molecule is COc1ccc2c(c1)C[C@@H]1CC(=O)CC[C@H]1C2. The number of hydrogen-bond donors (Lipinski definition) is 0. The lowest BCUT2D eigenvalue weighted by atomic mass is 9.68. The minimum Gasteiger partial charge on any atom is -0.497 e. The summed E-state index contributed by atoms with van der Waals surface area (Å²) in [6.45, 7) is 0. The zero-order chi connectivity index (χ0) is 11.8. The first-order chi connectivity index (χ1) is 8.26. The Bertz CT molecular complexity index is 450. The third-order valence-corrected chi connectivity index (χ3v) is 4.33. The molecular weight excluding hydrogens is 212 g/mol. The van der Waals surface area contributed by atoms with Crippen LogP contribution in [0.15, 0.2) is 18.2 Å². The van der Waals surface area contributed by atoms with Gasteiger partial charge in [-0.1, -0.05) is 6.07 Å². The minimum absolute atomic E-state index is 0.456. The highest BCUT2D eigenvalue weighted by Gasteiger charge is 2.33. The first-order valence-corrected chi connectivity index (χ1v) is 6.44. The number of benzene rings is 1. The van der Waals surface area contributed by atoms with Gasteiger partial charge >= 0.3 is 0 Å². The van der Waals surface area contributed by atoms with Crippen LogP contribution in [0, 0.1) is 11.8 Å². The van der Waals surface area contributed by atoms with Crippen molar-refractivity contribution in [2.75, 3.05) is 7.11 Å². The van der Waals surface area contributed by atoms with Crippen molar-refractivity contribution in [2.45, 2.75) is 32.1 Å². The molecule has 0 saturated heterocycles. The highest BCUT2D eigenvalue weighted by molar-refractivity contribution is 5.79. The first kappa shape index (κ1) is 10.8. The van der Waals surface area contributed by atoms with Gasteiger partial charge in [0.25, 0.3) is 0 Å². The Morgan fingerprint density at radius 3 is 2.76 bits per heavy atom. The molecule has 2 aliphatic carbocycles. The number of ether oxygens (including phenoxy) is 1. The van der Waals surface area contributed by atoms with Gasteiger partial charge in [-0.15, -0.1) is 0 Å². The van der Waals surface area contributed by atoms with Gasteiger partial charge in [-0.3, -0.25) is 4.79 Å². The molecule has 1 aromatic carbocycles. The Morgan fingerprint density at radius 1 is 1.12 bits per heavy atom. The molecule has 0 heterocycles. The van der Waals surface area contributed by atoms with E-state index in [-0.39, 0.29) is 0 Å². The van der Waals surface area contributed by atoms with Crippen LogP contribution in [0.25, 0.3) is 0 Å². The summed E-state index contributed by atoms with van der Waals surface area (Å²) in [5.74, 6) is 2.70. The van der Waals surface area contributed by atoms with Gasteiger partial charge in [-0.25, -0.2) is 0 Å². The Morgan fingerprint density at radius 2 is 1.94 bits per heavy atom. The predicted molar refractivity (Wildman–Crippen MR) is 66.2 cm³/mol. The van der Waals surface area contributed by atoms with Crippen molar-refractivity contribution in [1.29, 1.82) is 0 Å². The van der Waals surface area contributed by atoms with Gasteiger partial charge in [0, 0.05) is 12.8 Å². The Balaban J connectivity index is 1.89. The molecule has 2 heteroatoms. The van der Waals surface area contributed by atoms with E-state index >= 15 is 0 Å². The molecule has 1 fully saturated rings. The van der Waals surface area contributed by atoms with E-state index < -0.39 is 0 Å². The summed E-state index contributed by atoms with van der Waals surface area (Å²) in [6, 6.07) is 6.39. The van der Waals surface area contributed by atoms with Crippen molar-refractivity contribution < 1.29 is 9.53 Å². The molecule has 0 aromatic heterocycles. The molecular formula is C15H18O2. The summed E-state index contributed by atoms with van der Waals surface area (Å²) in [6.07, 6.45) is 4.89. The fourth-order valence-corrected chi connectivity index (χ4v) is 3.33. The average Bonchev–Trinajstić information content (AvgIpc) is 2.35. The quantitative estimate of drug-likeness (QED) is 0.741. The van der Waals surface area contributed by atoms with Crippen LogP contribution in [0.1, 0.15) is 30.4 Å². The van der Waals surface area contributed by atoms with E-state index in [0.717, 1.165) is 43.8 Å². The molecule has 0 bridgehead atoms. The average molecular weight is 230 g/mol. The number of carbonyl (C=O) groups is 1. The van der Waals surface area contributed by atoms with Crippen LogP contribution in [0.3, 0.4) is 0 Å². The Labute approximate surface area is 102 Å². The largest absolute Gasteiger partial charge is 0.497 e. The van der Waals surface area contributed by atoms with E-state index in [1.165, 1.54) is 11.1 Å². The van der Waals surface area contributed by atoms with Crippen molar-refractivity contribution >= 4 is 5.78 Å². The summed E-state index contributed by atoms with van der Waals surface area (Å²) in [4.78, 5) is 11.5. The van der Waals surface area contributed by atoms with Gasteiger partial charge in [-0.2, -0.15) is 0 Å². The molecule has 3 rings (SSSR count). The molecule has 2 atom stereocenters. The zero-order valence-corrected chi connectivity index (χ0v) is 10.2. The van der Waals surface area contributed by atoms with Crippen LogP contribution in [0.5, 0.6) is 5.75 Å². The molecule has 0 spiro atoms. The van der Waals surface area contributed by atoms with Gasteiger partial charge in [-0.05, 0) is 54.4 Å². The monoisotopic (exact) mass is 230 g/mol. The second kappa shape index (κ2) is 4.17. The van der Waals surface area contributed by atoms with Gasteiger partial charge in [0.2, 0.25) is 0 Å². The number of rotatable bonds is 1. The predicted octanol–water partition coefficient (Wildman–Crippen LogP) is 2.78. The van der Waals surface area contributed by atoms with E-state index in [2.05, 4.69) is 12.1 Å². The lowest BCUT2D eigenvalue weighted by Gasteiger charge is -2.36.